The molecule has 0 saturated carbocycles. The van der Waals surface area contributed by atoms with Crippen LogP contribution in [-0.2, 0) is 9.84 Å². The van der Waals surface area contributed by atoms with Gasteiger partial charge in [-0.1, -0.05) is 30.3 Å². The molecule has 0 aromatic heterocycles. The van der Waals surface area contributed by atoms with Gasteiger partial charge in [0.25, 0.3) is 0 Å². The van der Waals surface area contributed by atoms with Gasteiger partial charge in [-0.05, 0) is 0 Å². The van der Waals surface area contributed by atoms with E-state index in [4.69, 9.17) is 0 Å². The lowest BCUT2D eigenvalue weighted by Crippen LogP contribution is -2.25. The molecule has 0 fully saturated rings. The molecule has 0 saturated heterocycles. The minimum atomic E-state index is -4.79. The Bertz CT molecular complexity index is 334. The van der Waals surface area contributed by atoms with Crippen molar-refractivity contribution in [3.05, 3.63) is 35.9 Å². The standard InChI is InChI=1S/C9H6F3O3/c10-9(11,12)7(15-8(13)14)6-4-2-1-3-5-6/h1-5,7H. The predicted molar refractivity (Wildman–Crippen MR) is 42.4 cm³/mol. The van der Waals surface area contributed by atoms with Gasteiger partial charge in [0.2, 0.25) is 6.10 Å². The summed E-state index contributed by atoms with van der Waals surface area (Å²) in [7, 11) is 0. The molecule has 1 aromatic carbocycles. The van der Waals surface area contributed by atoms with Crippen molar-refractivity contribution >= 4 is 6.16 Å². The molecule has 1 unspecified atom stereocenters. The number of carbonyl (C=O) groups is 1. The molecule has 1 radical (unpaired) electrons. The number of halogens is 3. The highest BCUT2D eigenvalue weighted by Crippen LogP contribution is 2.35. The van der Waals surface area contributed by atoms with Crippen LogP contribution in [0.1, 0.15) is 11.7 Å². The number of hydrogen-bond donors (Lipinski definition) is 0. The third-order valence-electron chi connectivity index (χ3n) is 1.61. The van der Waals surface area contributed by atoms with Crippen molar-refractivity contribution < 1.29 is 27.8 Å². The van der Waals surface area contributed by atoms with Gasteiger partial charge in [-0.2, -0.15) is 23.1 Å². The molecule has 1 aromatic rings. The van der Waals surface area contributed by atoms with Crippen LogP contribution in [-0.4, -0.2) is 12.3 Å². The number of ether oxygens (including phenoxy) is 1. The summed E-state index contributed by atoms with van der Waals surface area (Å²) < 4.78 is 40.7. The molecule has 0 aliphatic heterocycles. The average molecular weight is 219 g/mol. The Kier molecular flexibility index (Phi) is 3.18. The van der Waals surface area contributed by atoms with Gasteiger partial charge < -0.3 is 4.74 Å². The number of hydrogen-bond acceptors (Lipinski definition) is 2. The quantitative estimate of drug-likeness (QED) is 0.718. The number of carbonyl (C=O) groups excluding carboxylic acids is 1. The fraction of sp³-hybridized carbons (Fsp3) is 0.222. The molecule has 0 aliphatic carbocycles. The molecule has 1 rings (SSSR count). The largest absolute Gasteiger partial charge is 0.550 e. The number of rotatable bonds is 2. The van der Waals surface area contributed by atoms with Crippen LogP contribution < -0.4 is 0 Å². The first-order chi connectivity index (χ1) is 6.91. The van der Waals surface area contributed by atoms with Crippen LogP contribution in [0, 0.1) is 0 Å². The third-order valence-corrected chi connectivity index (χ3v) is 1.61. The fourth-order valence-electron chi connectivity index (χ4n) is 1.05. The highest BCUT2D eigenvalue weighted by Gasteiger charge is 2.44. The van der Waals surface area contributed by atoms with Crippen molar-refractivity contribution in [3.8, 4) is 0 Å². The minimum absolute atomic E-state index is 0.283. The highest BCUT2D eigenvalue weighted by molar-refractivity contribution is 5.57. The van der Waals surface area contributed by atoms with Crippen LogP contribution in [0.4, 0.5) is 18.0 Å². The van der Waals surface area contributed by atoms with Crippen molar-refractivity contribution in [1.82, 2.24) is 0 Å². The van der Waals surface area contributed by atoms with E-state index < -0.39 is 18.4 Å². The molecule has 81 valence electrons. The van der Waals surface area contributed by atoms with Gasteiger partial charge in [0.05, 0.1) is 0 Å². The van der Waals surface area contributed by atoms with Gasteiger partial charge in [-0.15, -0.1) is 0 Å². The van der Waals surface area contributed by atoms with Crippen molar-refractivity contribution in [3.63, 3.8) is 0 Å². The summed E-state index contributed by atoms with van der Waals surface area (Å²) in [5.41, 5.74) is -0.283. The maximum absolute atomic E-state index is 12.3. The van der Waals surface area contributed by atoms with E-state index in [-0.39, 0.29) is 5.56 Å². The van der Waals surface area contributed by atoms with Gasteiger partial charge in [-0.3, -0.25) is 0 Å². The fourth-order valence-corrected chi connectivity index (χ4v) is 1.05. The Balaban J connectivity index is 2.97. The second kappa shape index (κ2) is 4.20. The Morgan fingerprint density at radius 1 is 1.20 bits per heavy atom. The van der Waals surface area contributed by atoms with Crippen LogP contribution in [0.5, 0.6) is 0 Å². The zero-order valence-corrected chi connectivity index (χ0v) is 7.32. The maximum atomic E-state index is 12.3. The van der Waals surface area contributed by atoms with Crippen LogP contribution in [0.3, 0.4) is 0 Å². The molecule has 0 bridgehead atoms. The summed E-state index contributed by atoms with van der Waals surface area (Å²) in [4.78, 5) is 10.00. The Morgan fingerprint density at radius 2 is 1.73 bits per heavy atom. The van der Waals surface area contributed by atoms with Crippen molar-refractivity contribution in [2.45, 2.75) is 12.3 Å². The van der Waals surface area contributed by atoms with Crippen molar-refractivity contribution in [1.29, 1.82) is 0 Å². The zero-order chi connectivity index (χ0) is 11.5. The van der Waals surface area contributed by atoms with E-state index in [1.807, 2.05) is 0 Å². The summed E-state index contributed by atoms with van der Waals surface area (Å²) in [5, 5.41) is 10.00. The van der Waals surface area contributed by atoms with E-state index in [1.54, 1.807) is 0 Å². The molecular formula is C9H6F3O3. The first kappa shape index (κ1) is 11.4. The second-order valence-corrected chi connectivity index (χ2v) is 2.70. The molecule has 0 heterocycles. The summed E-state index contributed by atoms with van der Waals surface area (Å²) in [6.45, 7) is 0. The maximum Gasteiger partial charge on any atom is 0.550 e. The SMILES string of the molecule is [O]C(=O)OC(c1ccccc1)C(F)(F)F. The molecule has 0 aliphatic rings. The van der Waals surface area contributed by atoms with Crippen molar-refractivity contribution in [2.75, 3.05) is 0 Å². The first-order valence-corrected chi connectivity index (χ1v) is 3.90. The number of alkyl halides is 3. The molecule has 15 heavy (non-hydrogen) atoms. The number of benzene rings is 1. The molecule has 3 nitrogen and oxygen atoms in total. The van der Waals surface area contributed by atoms with Gasteiger partial charge in [-0.25, -0.2) is 0 Å². The molecule has 0 spiro atoms. The highest BCUT2D eigenvalue weighted by atomic mass is 19.4. The van der Waals surface area contributed by atoms with Crippen LogP contribution in [0.2, 0.25) is 0 Å². The average Bonchev–Trinajstić information content (AvgIpc) is 2.14. The zero-order valence-electron chi connectivity index (χ0n) is 7.32. The minimum Gasteiger partial charge on any atom is -0.414 e. The summed E-state index contributed by atoms with van der Waals surface area (Å²) in [5.74, 6) is 0. The smallest absolute Gasteiger partial charge is 0.414 e. The van der Waals surface area contributed by atoms with Gasteiger partial charge in [0.15, 0.2) is 0 Å². The normalized spacial score (nSPS) is 13.3. The van der Waals surface area contributed by atoms with E-state index in [0.717, 1.165) is 12.1 Å². The third kappa shape index (κ3) is 3.16. The van der Waals surface area contributed by atoms with Crippen LogP contribution in [0.15, 0.2) is 30.3 Å². The summed E-state index contributed by atoms with van der Waals surface area (Å²) in [6.07, 6.45) is -9.49. The lowest BCUT2D eigenvalue weighted by molar-refractivity contribution is -0.212. The lowest BCUT2D eigenvalue weighted by Gasteiger charge is -2.18. The first-order valence-electron chi connectivity index (χ1n) is 3.90. The van der Waals surface area contributed by atoms with Crippen LogP contribution in [0.25, 0.3) is 0 Å². The predicted octanol–water partition coefficient (Wildman–Crippen LogP) is 2.86. The van der Waals surface area contributed by atoms with Gasteiger partial charge in [0.1, 0.15) is 0 Å². The Labute approximate surface area is 83.1 Å². The Morgan fingerprint density at radius 3 is 2.13 bits per heavy atom. The topological polar surface area (TPSA) is 46.2 Å². The van der Waals surface area contributed by atoms with E-state index in [9.17, 15) is 23.1 Å². The van der Waals surface area contributed by atoms with Crippen LogP contribution >= 0.6 is 0 Å². The molecule has 0 amide bonds. The lowest BCUT2D eigenvalue weighted by atomic mass is 10.1. The van der Waals surface area contributed by atoms with E-state index in [2.05, 4.69) is 4.74 Å². The molecular weight excluding hydrogens is 213 g/mol. The van der Waals surface area contributed by atoms with E-state index in [0.29, 0.717) is 0 Å². The van der Waals surface area contributed by atoms with Gasteiger partial charge >= 0.3 is 12.3 Å². The van der Waals surface area contributed by atoms with Crippen molar-refractivity contribution in [2.24, 2.45) is 0 Å². The molecule has 0 N–H and O–H groups in total. The van der Waals surface area contributed by atoms with E-state index in [1.165, 1.54) is 18.2 Å². The monoisotopic (exact) mass is 219 g/mol. The Hall–Kier alpha value is -1.72. The summed E-state index contributed by atoms with van der Waals surface area (Å²) in [6, 6.07) is 6.47. The summed E-state index contributed by atoms with van der Waals surface area (Å²) >= 11 is 0. The van der Waals surface area contributed by atoms with Gasteiger partial charge in [0, 0.05) is 5.56 Å². The molecule has 1 atom stereocenters. The molecule has 6 heteroatoms. The van der Waals surface area contributed by atoms with E-state index >= 15 is 0 Å². The second-order valence-electron chi connectivity index (χ2n) is 2.70.